The van der Waals surface area contributed by atoms with Crippen molar-refractivity contribution in [2.24, 2.45) is 17.7 Å². The van der Waals surface area contributed by atoms with Crippen LogP contribution in [0.2, 0.25) is 0 Å². The molecule has 3 rings (SSSR count). The van der Waals surface area contributed by atoms with Crippen LogP contribution in [0.3, 0.4) is 0 Å². The number of fused-ring (bicyclic) bond motifs is 1. The topological polar surface area (TPSA) is 71.2 Å². The van der Waals surface area contributed by atoms with E-state index in [0.717, 1.165) is 24.1 Å². The third-order valence-electron chi connectivity index (χ3n) is 4.98. The highest BCUT2D eigenvalue weighted by Gasteiger charge is 2.30. The first-order valence-electron chi connectivity index (χ1n) is 7.94. The van der Waals surface area contributed by atoms with Gasteiger partial charge in [0.2, 0.25) is 0 Å². The molecular formula is C16H24N4O. The van der Waals surface area contributed by atoms with Gasteiger partial charge in [0.15, 0.2) is 0 Å². The summed E-state index contributed by atoms with van der Waals surface area (Å²) in [7, 11) is 0. The minimum Gasteiger partial charge on any atom is -0.297 e. The molecule has 1 aliphatic heterocycles. The lowest BCUT2D eigenvalue weighted by Crippen LogP contribution is -2.41. The SMILES string of the molecule is NNC(=O)c1ccc(CN2CCC3CCCCC3C2)nc1. The number of carbonyl (C=O) groups is 1. The van der Waals surface area contributed by atoms with E-state index in [0.29, 0.717) is 5.56 Å². The quantitative estimate of drug-likeness (QED) is 0.504. The predicted molar refractivity (Wildman–Crippen MR) is 81.2 cm³/mol. The average molecular weight is 288 g/mol. The molecule has 2 fully saturated rings. The third kappa shape index (κ3) is 3.41. The molecule has 2 aliphatic rings. The predicted octanol–water partition coefficient (Wildman–Crippen LogP) is 1.70. The number of likely N-dealkylation sites (tertiary alicyclic amines) is 1. The van der Waals surface area contributed by atoms with Crippen LogP contribution in [0, 0.1) is 11.8 Å². The number of nitrogens with two attached hydrogens (primary N) is 1. The number of pyridine rings is 1. The first-order chi connectivity index (χ1) is 10.3. The van der Waals surface area contributed by atoms with Gasteiger partial charge in [-0.15, -0.1) is 0 Å². The number of carbonyl (C=O) groups excluding carboxylic acids is 1. The van der Waals surface area contributed by atoms with E-state index >= 15 is 0 Å². The Bertz CT molecular complexity index is 488. The minimum absolute atomic E-state index is 0.294. The molecule has 2 unspecified atom stereocenters. The van der Waals surface area contributed by atoms with Gasteiger partial charge in [0.05, 0.1) is 11.3 Å². The molecule has 1 saturated heterocycles. The molecule has 1 amide bonds. The highest BCUT2D eigenvalue weighted by molar-refractivity contribution is 5.93. The molecule has 0 bridgehead atoms. The number of amides is 1. The normalized spacial score (nSPS) is 26.1. The summed E-state index contributed by atoms with van der Waals surface area (Å²) in [5.41, 5.74) is 3.66. The number of rotatable bonds is 3. The van der Waals surface area contributed by atoms with Crippen molar-refractivity contribution in [1.29, 1.82) is 0 Å². The lowest BCUT2D eigenvalue weighted by Gasteiger charge is -2.41. The monoisotopic (exact) mass is 288 g/mol. The van der Waals surface area contributed by atoms with Crippen molar-refractivity contribution in [3.63, 3.8) is 0 Å². The van der Waals surface area contributed by atoms with Gasteiger partial charge in [-0.25, -0.2) is 5.84 Å². The second kappa shape index (κ2) is 6.54. The molecule has 21 heavy (non-hydrogen) atoms. The van der Waals surface area contributed by atoms with Crippen molar-refractivity contribution in [2.75, 3.05) is 13.1 Å². The second-order valence-electron chi connectivity index (χ2n) is 6.34. The zero-order chi connectivity index (χ0) is 14.7. The Morgan fingerprint density at radius 2 is 2.10 bits per heavy atom. The standard InChI is InChI=1S/C16H24N4O/c17-19-16(21)13-5-6-15(18-9-13)11-20-8-7-12-3-1-2-4-14(12)10-20/h5-6,9,12,14H,1-4,7-8,10-11,17H2,(H,19,21). The van der Waals surface area contributed by atoms with Crippen LogP contribution in [0.5, 0.6) is 0 Å². The van der Waals surface area contributed by atoms with Gasteiger partial charge >= 0.3 is 0 Å². The van der Waals surface area contributed by atoms with Crippen LogP contribution in [0.4, 0.5) is 0 Å². The Balaban J connectivity index is 1.58. The van der Waals surface area contributed by atoms with Crippen LogP contribution in [-0.2, 0) is 6.54 Å². The molecule has 5 nitrogen and oxygen atoms in total. The van der Waals surface area contributed by atoms with Gasteiger partial charge in [-0.2, -0.15) is 0 Å². The first-order valence-corrected chi connectivity index (χ1v) is 7.94. The molecule has 0 aromatic carbocycles. The van der Waals surface area contributed by atoms with Gasteiger partial charge in [0, 0.05) is 19.3 Å². The molecule has 1 aromatic rings. The van der Waals surface area contributed by atoms with Crippen LogP contribution in [-0.4, -0.2) is 28.9 Å². The summed E-state index contributed by atoms with van der Waals surface area (Å²) in [5, 5.41) is 0. The molecule has 0 radical (unpaired) electrons. The molecule has 2 heterocycles. The smallest absolute Gasteiger partial charge is 0.266 e. The van der Waals surface area contributed by atoms with Gasteiger partial charge in [-0.05, 0) is 43.4 Å². The van der Waals surface area contributed by atoms with E-state index in [-0.39, 0.29) is 5.91 Å². The number of hydrogen-bond donors (Lipinski definition) is 2. The van der Waals surface area contributed by atoms with E-state index < -0.39 is 0 Å². The summed E-state index contributed by atoms with van der Waals surface area (Å²) in [5.74, 6) is 6.66. The number of nitrogens with zero attached hydrogens (tertiary/aromatic N) is 2. The zero-order valence-electron chi connectivity index (χ0n) is 12.4. The fourth-order valence-corrected chi connectivity index (χ4v) is 3.78. The number of hydrazine groups is 1. The number of nitrogen functional groups attached to an aromatic ring is 1. The van der Waals surface area contributed by atoms with E-state index in [1.54, 1.807) is 12.3 Å². The maximum atomic E-state index is 11.4. The van der Waals surface area contributed by atoms with Gasteiger partial charge in [0.25, 0.3) is 5.91 Å². The molecule has 1 saturated carbocycles. The van der Waals surface area contributed by atoms with E-state index in [2.05, 4.69) is 15.3 Å². The Hall–Kier alpha value is -1.46. The van der Waals surface area contributed by atoms with E-state index in [9.17, 15) is 4.79 Å². The summed E-state index contributed by atoms with van der Waals surface area (Å²) in [4.78, 5) is 18.3. The average Bonchev–Trinajstić information content (AvgIpc) is 2.55. The zero-order valence-corrected chi connectivity index (χ0v) is 12.4. The molecule has 1 aromatic heterocycles. The molecule has 1 aliphatic carbocycles. The van der Waals surface area contributed by atoms with Crippen LogP contribution in [0.1, 0.15) is 48.2 Å². The molecule has 3 N–H and O–H groups in total. The largest absolute Gasteiger partial charge is 0.297 e. The number of piperidine rings is 1. The number of hydrogen-bond acceptors (Lipinski definition) is 4. The van der Waals surface area contributed by atoms with Crippen molar-refractivity contribution in [3.05, 3.63) is 29.6 Å². The van der Waals surface area contributed by atoms with Crippen molar-refractivity contribution in [2.45, 2.75) is 38.6 Å². The van der Waals surface area contributed by atoms with E-state index in [1.807, 2.05) is 6.07 Å². The number of aromatic nitrogens is 1. The molecule has 5 heteroatoms. The fraction of sp³-hybridized carbons (Fsp3) is 0.625. The molecule has 0 spiro atoms. The Labute approximate surface area is 125 Å². The van der Waals surface area contributed by atoms with Gasteiger partial charge in [-0.3, -0.25) is 20.1 Å². The highest BCUT2D eigenvalue weighted by Crippen LogP contribution is 2.36. The summed E-state index contributed by atoms with van der Waals surface area (Å²) in [6.45, 7) is 3.26. The lowest BCUT2D eigenvalue weighted by molar-refractivity contribution is 0.0812. The number of nitrogens with one attached hydrogen (secondary N) is 1. The third-order valence-corrected chi connectivity index (χ3v) is 4.98. The lowest BCUT2D eigenvalue weighted by atomic mass is 9.75. The summed E-state index contributed by atoms with van der Waals surface area (Å²) < 4.78 is 0. The van der Waals surface area contributed by atoms with Gasteiger partial charge < -0.3 is 0 Å². The van der Waals surface area contributed by atoms with Crippen LogP contribution >= 0.6 is 0 Å². The Morgan fingerprint density at radius 3 is 2.81 bits per heavy atom. The van der Waals surface area contributed by atoms with Crippen LogP contribution in [0.15, 0.2) is 18.3 Å². The molecular weight excluding hydrogens is 264 g/mol. The summed E-state index contributed by atoms with van der Waals surface area (Å²) in [6, 6.07) is 3.72. The summed E-state index contributed by atoms with van der Waals surface area (Å²) >= 11 is 0. The van der Waals surface area contributed by atoms with Gasteiger partial charge in [0.1, 0.15) is 0 Å². The maximum absolute atomic E-state index is 11.4. The van der Waals surface area contributed by atoms with Crippen molar-refractivity contribution >= 4 is 5.91 Å². The fourth-order valence-electron chi connectivity index (χ4n) is 3.78. The second-order valence-corrected chi connectivity index (χ2v) is 6.34. The van der Waals surface area contributed by atoms with E-state index in [4.69, 9.17) is 5.84 Å². The van der Waals surface area contributed by atoms with Crippen molar-refractivity contribution in [3.8, 4) is 0 Å². The Kier molecular flexibility index (Phi) is 4.51. The Morgan fingerprint density at radius 1 is 1.29 bits per heavy atom. The van der Waals surface area contributed by atoms with Gasteiger partial charge in [-0.1, -0.05) is 19.3 Å². The van der Waals surface area contributed by atoms with E-state index in [1.165, 1.54) is 45.2 Å². The minimum atomic E-state index is -0.294. The maximum Gasteiger partial charge on any atom is 0.266 e. The van der Waals surface area contributed by atoms with Crippen molar-refractivity contribution in [1.82, 2.24) is 15.3 Å². The highest BCUT2D eigenvalue weighted by atomic mass is 16.2. The van der Waals surface area contributed by atoms with Crippen LogP contribution in [0.25, 0.3) is 0 Å². The van der Waals surface area contributed by atoms with Crippen LogP contribution < -0.4 is 11.3 Å². The summed E-state index contributed by atoms with van der Waals surface area (Å²) in [6.07, 6.45) is 8.58. The first kappa shape index (κ1) is 14.5. The van der Waals surface area contributed by atoms with Crippen molar-refractivity contribution < 1.29 is 4.79 Å². The molecule has 2 atom stereocenters. The molecule has 114 valence electrons.